The fourth-order valence-corrected chi connectivity index (χ4v) is 3.99. The number of benzene rings is 3. The van der Waals surface area contributed by atoms with E-state index in [4.69, 9.17) is 4.98 Å². The number of aromatic nitrogens is 1. The van der Waals surface area contributed by atoms with Crippen molar-refractivity contribution >= 4 is 22.3 Å². The lowest BCUT2D eigenvalue weighted by molar-refractivity contribution is 0.627. The van der Waals surface area contributed by atoms with Crippen molar-refractivity contribution in [2.75, 3.05) is 4.90 Å². The molecule has 3 aromatic carbocycles. The molecule has 0 bridgehead atoms. The molecule has 0 radical (unpaired) electrons. The molecule has 0 unspecified atom stereocenters. The van der Waals surface area contributed by atoms with E-state index >= 15 is 0 Å². The van der Waals surface area contributed by atoms with E-state index in [9.17, 15) is 0 Å². The molecule has 1 heterocycles. The summed E-state index contributed by atoms with van der Waals surface area (Å²) in [7, 11) is 0. The van der Waals surface area contributed by atoms with Gasteiger partial charge in [0.25, 0.3) is 0 Å². The van der Waals surface area contributed by atoms with E-state index in [0.717, 1.165) is 39.2 Å². The lowest BCUT2D eigenvalue weighted by atomic mass is 9.93. The zero-order valence-electron chi connectivity index (χ0n) is 18.4. The molecule has 156 valence electrons. The molecule has 0 atom stereocenters. The maximum atomic E-state index is 4.85. The first-order valence-corrected chi connectivity index (χ1v) is 11.0. The smallest absolute Gasteiger partial charge is 0.0709 e. The second-order valence-electron chi connectivity index (χ2n) is 8.71. The Kier molecular flexibility index (Phi) is 5.20. The lowest BCUT2D eigenvalue weighted by Gasteiger charge is -2.26. The van der Waals surface area contributed by atoms with Gasteiger partial charge < -0.3 is 4.90 Å². The fraction of sp³-hybridized carbons (Fsp3) is 0.100. The molecule has 2 nitrogen and oxygen atoms in total. The van der Waals surface area contributed by atoms with Crippen LogP contribution in [0, 0.1) is 5.41 Å². The van der Waals surface area contributed by atoms with Crippen LogP contribution in [0.2, 0.25) is 0 Å². The van der Waals surface area contributed by atoms with Crippen molar-refractivity contribution in [3.63, 3.8) is 0 Å². The monoisotopic (exact) mass is 414 g/mol. The number of para-hydroxylation sites is 2. The Labute approximate surface area is 189 Å². The van der Waals surface area contributed by atoms with E-state index in [2.05, 4.69) is 128 Å². The van der Waals surface area contributed by atoms with Crippen LogP contribution in [0.1, 0.15) is 13.8 Å². The molecule has 5 rings (SSSR count). The summed E-state index contributed by atoms with van der Waals surface area (Å²) < 4.78 is 0. The second-order valence-corrected chi connectivity index (χ2v) is 8.71. The molecule has 0 N–H and O–H groups in total. The van der Waals surface area contributed by atoms with Crippen LogP contribution in [0.5, 0.6) is 0 Å². The van der Waals surface area contributed by atoms with Crippen molar-refractivity contribution in [1.82, 2.24) is 4.98 Å². The zero-order valence-corrected chi connectivity index (χ0v) is 18.4. The van der Waals surface area contributed by atoms with Gasteiger partial charge in [0.1, 0.15) is 0 Å². The van der Waals surface area contributed by atoms with Gasteiger partial charge in [-0.25, -0.2) is 4.98 Å². The molecule has 0 amide bonds. The van der Waals surface area contributed by atoms with Crippen LogP contribution in [-0.4, -0.2) is 4.98 Å². The third kappa shape index (κ3) is 4.13. The lowest BCUT2D eigenvalue weighted by Crippen LogP contribution is -2.15. The van der Waals surface area contributed by atoms with Gasteiger partial charge in [0.2, 0.25) is 0 Å². The highest BCUT2D eigenvalue weighted by Gasteiger charge is 2.17. The molecule has 32 heavy (non-hydrogen) atoms. The molecule has 0 saturated heterocycles. The molecule has 1 aromatic heterocycles. The van der Waals surface area contributed by atoms with Gasteiger partial charge in [-0.3, -0.25) is 0 Å². The molecule has 1 aliphatic rings. The van der Waals surface area contributed by atoms with E-state index in [1.807, 2.05) is 12.1 Å². The maximum absolute atomic E-state index is 4.85. The van der Waals surface area contributed by atoms with Crippen LogP contribution < -0.4 is 4.90 Å². The Morgan fingerprint density at radius 3 is 2.22 bits per heavy atom. The molecule has 0 saturated carbocycles. The number of hydrogen-bond donors (Lipinski definition) is 0. The van der Waals surface area contributed by atoms with E-state index in [1.165, 1.54) is 0 Å². The minimum absolute atomic E-state index is 0.0339. The van der Waals surface area contributed by atoms with Gasteiger partial charge in [-0.05, 0) is 48.6 Å². The van der Waals surface area contributed by atoms with Crippen LogP contribution in [0.15, 0.2) is 127 Å². The third-order valence-electron chi connectivity index (χ3n) is 5.77. The zero-order chi connectivity index (χ0) is 22.0. The quantitative estimate of drug-likeness (QED) is 0.335. The largest absolute Gasteiger partial charge is 0.311 e. The average Bonchev–Trinajstić information content (AvgIpc) is 3.00. The third-order valence-corrected chi connectivity index (χ3v) is 5.77. The normalized spacial score (nSPS) is 14.8. The summed E-state index contributed by atoms with van der Waals surface area (Å²) in [6.07, 6.45) is 11.0. The molecule has 0 spiro atoms. The van der Waals surface area contributed by atoms with Crippen LogP contribution in [0.25, 0.3) is 22.2 Å². The predicted octanol–water partition coefficient (Wildman–Crippen LogP) is 8.08. The van der Waals surface area contributed by atoms with Gasteiger partial charge in [-0.15, -0.1) is 0 Å². The number of rotatable bonds is 4. The Bertz CT molecular complexity index is 1330. The molecule has 2 heteroatoms. The number of anilines is 2. The van der Waals surface area contributed by atoms with Gasteiger partial charge in [-0.1, -0.05) is 86.7 Å². The first-order chi connectivity index (χ1) is 15.6. The van der Waals surface area contributed by atoms with Crippen molar-refractivity contribution < 1.29 is 0 Å². The van der Waals surface area contributed by atoms with Crippen LogP contribution in [0.3, 0.4) is 0 Å². The number of fused-ring (bicyclic) bond motifs is 1. The average molecular weight is 415 g/mol. The maximum Gasteiger partial charge on any atom is 0.0709 e. The molecule has 4 aromatic rings. The first-order valence-electron chi connectivity index (χ1n) is 11.0. The molecule has 0 fully saturated rings. The summed E-state index contributed by atoms with van der Waals surface area (Å²) in [4.78, 5) is 7.14. The molecular formula is C30H26N2. The topological polar surface area (TPSA) is 16.1 Å². The van der Waals surface area contributed by atoms with Gasteiger partial charge in [0.05, 0.1) is 11.2 Å². The summed E-state index contributed by atoms with van der Waals surface area (Å²) in [5.41, 5.74) is 6.53. The fourth-order valence-electron chi connectivity index (χ4n) is 3.99. The summed E-state index contributed by atoms with van der Waals surface area (Å²) in [6, 6.07) is 31.6. The van der Waals surface area contributed by atoms with Gasteiger partial charge in [-0.2, -0.15) is 0 Å². The highest BCUT2D eigenvalue weighted by molar-refractivity contribution is 5.82. The predicted molar refractivity (Wildman–Crippen MR) is 136 cm³/mol. The van der Waals surface area contributed by atoms with Crippen molar-refractivity contribution in [3.8, 4) is 11.3 Å². The van der Waals surface area contributed by atoms with Gasteiger partial charge in [0.15, 0.2) is 0 Å². The highest BCUT2D eigenvalue weighted by Crippen LogP contribution is 2.34. The Morgan fingerprint density at radius 1 is 0.688 bits per heavy atom. The van der Waals surface area contributed by atoms with Gasteiger partial charge in [0, 0.05) is 33.4 Å². The summed E-state index contributed by atoms with van der Waals surface area (Å²) in [5.74, 6) is 0. The number of allylic oxidation sites excluding steroid dienone is 5. The van der Waals surface area contributed by atoms with E-state index in [0.29, 0.717) is 0 Å². The SMILES string of the molecule is CC1(C)C=CC=C(N(c2ccccc2)c2ccc(-c3ccc4ccccc4n3)cc2)C=C1. The molecular weight excluding hydrogens is 388 g/mol. The Balaban J connectivity index is 1.53. The minimum Gasteiger partial charge on any atom is -0.311 e. The summed E-state index contributed by atoms with van der Waals surface area (Å²) in [5, 5.41) is 1.16. The van der Waals surface area contributed by atoms with Crippen molar-refractivity contribution in [1.29, 1.82) is 0 Å². The summed E-state index contributed by atoms with van der Waals surface area (Å²) in [6.45, 7) is 4.43. The number of nitrogens with zero attached hydrogens (tertiary/aromatic N) is 2. The number of pyridine rings is 1. The Morgan fingerprint density at radius 2 is 1.41 bits per heavy atom. The Hall–Kier alpha value is -3.91. The van der Waals surface area contributed by atoms with E-state index in [1.54, 1.807) is 0 Å². The highest BCUT2D eigenvalue weighted by atomic mass is 15.1. The van der Waals surface area contributed by atoms with E-state index < -0.39 is 0 Å². The van der Waals surface area contributed by atoms with E-state index in [-0.39, 0.29) is 5.41 Å². The van der Waals surface area contributed by atoms with Crippen molar-refractivity contribution in [2.45, 2.75) is 13.8 Å². The van der Waals surface area contributed by atoms with Crippen LogP contribution in [-0.2, 0) is 0 Å². The number of hydrogen-bond acceptors (Lipinski definition) is 2. The second kappa shape index (κ2) is 8.32. The van der Waals surface area contributed by atoms with Gasteiger partial charge >= 0.3 is 0 Å². The first kappa shape index (κ1) is 20.0. The molecule has 0 aliphatic heterocycles. The van der Waals surface area contributed by atoms with Crippen LogP contribution >= 0.6 is 0 Å². The molecule has 1 aliphatic carbocycles. The van der Waals surface area contributed by atoms with Crippen molar-refractivity contribution in [3.05, 3.63) is 127 Å². The standard InChI is InChI=1S/C30H26N2/c1-30(2)21-8-12-26(20-22-30)32(25-10-4-3-5-11-25)27-17-14-24(15-18-27)29-19-16-23-9-6-7-13-28(23)31-29/h3-22H,1-2H3. The van der Waals surface area contributed by atoms with Crippen molar-refractivity contribution in [2.24, 2.45) is 5.41 Å². The van der Waals surface area contributed by atoms with Crippen LogP contribution in [0.4, 0.5) is 11.4 Å². The summed E-state index contributed by atoms with van der Waals surface area (Å²) >= 11 is 0. The minimum atomic E-state index is 0.0339.